The van der Waals surface area contributed by atoms with E-state index in [1.807, 2.05) is 12.1 Å². The fourth-order valence-corrected chi connectivity index (χ4v) is 1.47. The number of ether oxygens (including phenoxy) is 1. The molecule has 1 atom stereocenters. The topological polar surface area (TPSA) is 36.3 Å². The third kappa shape index (κ3) is 2.00. The van der Waals surface area contributed by atoms with Crippen molar-refractivity contribution in [2.75, 3.05) is 6.61 Å². The molecule has 66 valence electrons. The monoisotopic (exact) mass is 193 g/mol. The number of rotatable bonds is 2. The molecular weight excluding hydrogens is 186 g/mol. The van der Waals surface area contributed by atoms with Crippen LogP contribution in [0.1, 0.15) is 11.1 Å². The minimum absolute atomic E-state index is 0.338. The van der Waals surface area contributed by atoms with E-state index in [9.17, 15) is 0 Å². The Labute approximate surface area is 81.7 Å². The molecule has 1 aliphatic heterocycles. The minimum atomic E-state index is 0.338. The Morgan fingerprint density at radius 3 is 2.92 bits per heavy atom. The van der Waals surface area contributed by atoms with Crippen LogP contribution < -0.4 is 0 Å². The van der Waals surface area contributed by atoms with Crippen LogP contribution >= 0.6 is 11.6 Å². The van der Waals surface area contributed by atoms with Crippen molar-refractivity contribution >= 4 is 11.6 Å². The van der Waals surface area contributed by atoms with Gasteiger partial charge in [-0.2, -0.15) is 5.26 Å². The second-order valence-corrected chi connectivity index (χ2v) is 3.48. The Morgan fingerprint density at radius 1 is 1.62 bits per heavy atom. The fourth-order valence-electron chi connectivity index (χ4n) is 1.21. The first-order valence-corrected chi connectivity index (χ1v) is 4.47. The molecule has 3 heteroatoms. The van der Waals surface area contributed by atoms with Crippen molar-refractivity contribution < 1.29 is 4.74 Å². The van der Waals surface area contributed by atoms with Gasteiger partial charge in [-0.25, -0.2) is 0 Å². The summed E-state index contributed by atoms with van der Waals surface area (Å²) in [6, 6.07) is 7.41. The number of benzene rings is 1. The molecule has 1 aromatic carbocycles. The lowest BCUT2D eigenvalue weighted by Gasteiger charge is -2.01. The van der Waals surface area contributed by atoms with Gasteiger partial charge in [-0.3, -0.25) is 0 Å². The second kappa shape index (κ2) is 3.37. The van der Waals surface area contributed by atoms with Gasteiger partial charge in [0.2, 0.25) is 0 Å². The number of hydrogen-bond acceptors (Lipinski definition) is 2. The van der Waals surface area contributed by atoms with Gasteiger partial charge in [0.25, 0.3) is 0 Å². The zero-order valence-corrected chi connectivity index (χ0v) is 7.71. The molecule has 1 unspecified atom stereocenters. The Kier molecular flexibility index (Phi) is 2.22. The maximum Gasteiger partial charge on any atom is 0.0992 e. The van der Waals surface area contributed by atoms with Gasteiger partial charge in [0.15, 0.2) is 0 Å². The van der Waals surface area contributed by atoms with E-state index in [0.29, 0.717) is 16.7 Å². The van der Waals surface area contributed by atoms with E-state index < -0.39 is 0 Å². The summed E-state index contributed by atoms with van der Waals surface area (Å²) >= 11 is 5.97. The van der Waals surface area contributed by atoms with Gasteiger partial charge in [0.05, 0.1) is 24.3 Å². The molecule has 0 bridgehead atoms. The summed E-state index contributed by atoms with van der Waals surface area (Å²) in [4.78, 5) is 0. The quantitative estimate of drug-likeness (QED) is 0.675. The SMILES string of the molecule is N#Cc1ccc(CC2CO2)c(Cl)c1. The molecule has 0 aliphatic carbocycles. The second-order valence-electron chi connectivity index (χ2n) is 3.08. The van der Waals surface area contributed by atoms with Gasteiger partial charge in [-0.05, 0) is 17.7 Å². The van der Waals surface area contributed by atoms with Crippen molar-refractivity contribution in [3.05, 3.63) is 34.3 Å². The van der Waals surface area contributed by atoms with Gasteiger partial charge < -0.3 is 4.74 Å². The van der Waals surface area contributed by atoms with Crippen LogP contribution in [-0.2, 0) is 11.2 Å². The predicted molar refractivity (Wildman–Crippen MR) is 49.6 cm³/mol. The van der Waals surface area contributed by atoms with Gasteiger partial charge in [0, 0.05) is 11.4 Å². The van der Waals surface area contributed by atoms with Crippen LogP contribution in [0.4, 0.5) is 0 Å². The first-order valence-electron chi connectivity index (χ1n) is 4.10. The van der Waals surface area contributed by atoms with E-state index in [1.165, 1.54) is 0 Å². The Balaban J connectivity index is 2.21. The summed E-state index contributed by atoms with van der Waals surface area (Å²) in [5.41, 5.74) is 1.66. The van der Waals surface area contributed by atoms with Crippen LogP contribution in [0.3, 0.4) is 0 Å². The van der Waals surface area contributed by atoms with Crippen molar-refractivity contribution in [3.8, 4) is 6.07 Å². The highest BCUT2D eigenvalue weighted by atomic mass is 35.5. The summed E-state index contributed by atoms with van der Waals surface area (Å²) in [7, 11) is 0. The zero-order chi connectivity index (χ0) is 9.26. The molecule has 1 aliphatic rings. The minimum Gasteiger partial charge on any atom is -0.373 e. The molecule has 0 saturated carbocycles. The number of hydrogen-bond donors (Lipinski definition) is 0. The highest BCUT2D eigenvalue weighted by Crippen LogP contribution is 2.23. The van der Waals surface area contributed by atoms with Crippen LogP contribution in [0.5, 0.6) is 0 Å². The molecule has 1 saturated heterocycles. The van der Waals surface area contributed by atoms with Crippen molar-refractivity contribution in [3.63, 3.8) is 0 Å². The van der Waals surface area contributed by atoms with E-state index in [4.69, 9.17) is 21.6 Å². The van der Waals surface area contributed by atoms with Crippen LogP contribution in [-0.4, -0.2) is 12.7 Å². The van der Waals surface area contributed by atoms with Gasteiger partial charge >= 0.3 is 0 Å². The maximum absolute atomic E-state index is 8.61. The Hall–Kier alpha value is -1.04. The highest BCUT2D eigenvalue weighted by molar-refractivity contribution is 6.31. The summed E-state index contributed by atoms with van der Waals surface area (Å²) in [5, 5.41) is 9.28. The summed E-state index contributed by atoms with van der Waals surface area (Å²) in [6.45, 7) is 0.830. The zero-order valence-electron chi connectivity index (χ0n) is 6.96. The molecule has 0 aromatic heterocycles. The average Bonchev–Trinajstić information content (AvgIpc) is 2.92. The summed E-state index contributed by atoms with van der Waals surface area (Å²) in [6.07, 6.45) is 1.19. The molecule has 1 aromatic rings. The smallest absolute Gasteiger partial charge is 0.0992 e. The highest BCUT2D eigenvalue weighted by Gasteiger charge is 2.23. The largest absolute Gasteiger partial charge is 0.373 e. The van der Waals surface area contributed by atoms with Crippen LogP contribution in [0.15, 0.2) is 18.2 Å². The third-order valence-corrected chi connectivity index (χ3v) is 2.38. The van der Waals surface area contributed by atoms with Crippen molar-refractivity contribution in [1.29, 1.82) is 5.26 Å². The van der Waals surface area contributed by atoms with Crippen LogP contribution in [0, 0.1) is 11.3 Å². The fraction of sp³-hybridized carbons (Fsp3) is 0.300. The predicted octanol–water partition coefficient (Wildman–Crippen LogP) is 2.15. The van der Waals surface area contributed by atoms with E-state index in [2.05, 4.69) is 0 Å². The van der Waals surface area contributed by atoms with Gasteiger partial charge in [0.1, 0.15) is 0 Å². The molecule has 0 amide bonds. The summed E-state index contributed by atoms with van der Waals surface area (Å²) < 4.78 is 5.10. The van der Waals surface area contributed by atoms with Crippen molar-refractivity contribution in [2.45, 2.75) is 12.5 Å². The normalized spacial score (nSPS) is 19.5. The third-order valence-electron chi connectivity index (χ3n) is 2.03. The lowest BCUT2D eigenvalue weighted by atomic mass is 10.1. The van der Waals surface area contributed by atoms with E-state index in [0.717, 1.165) is 18.6 Å². The van der Waals surface area contributed by atoms with E-state index in [-0.39, 0.29) is 0 Å². The van der Waals surface area contributed by atoms with E-state index in [1.54, 1.807) is 12.1 Å². The van der Waals surface area contributed by atoms with E-state index >= 15 is 0 Å². The van der Waals surface area contributed by atoms with Gasteiger partial charge in [-0.1, -0.05) is 17.7 Å². The Bertz CT molecular complexity index is 366. The molecule has 0 spiro atoms. The van der Waals surface area contributed by atoms with Crippen molar-refractivity contribution in [1.82, 2.24) is 0 Å². The molecule has 0 radical (unpaired) electrons. The standard InChI is InChI=1S/C10H8ClNO/c11-10-3-7(5-12)1-2-8(10)4-9-6-13-9/h1-3,9H,4,6H2. The first kappa shape index (κ1) is 8.55. The molecule has 1 fully saturated rings. The number of nitriles is 1. The number of halogens is 1. The molecule has 0 N–H and O–H groups in total. The summed E-state index contributed by atoms with van der Waals surface area (Å²) in [5.74, 6) is 0. The maximum atomic E-state index is 8.61. The number of nitrogens with zero attached hydrogens (tertiary/aromatic N) is 1. The molecule has 13 heavy (non-hydrogen) atoms. The molecular formula is C10H8ClNO. The Morgan fingerprint density at radius 2 is 2.38 bits per heavy atom. The first-order chi connectivity index (χ1) is 6.29. The molecule has 2 rings (SSSR count). The average molecular weight is 194 g/mol. The van der Waals surface area contributed by atoms with Crippen LogP contribution in [0.2, 0.25) is 5.02 Å². The lowest BCUT2D eigenvalue weighted by molar-refractivity contribution is 0.407. The van der Waals surface area contributed by atoms with Crippen molar-refractivity contribution in [2.24, 2.45) is 0 Å². The van der Waals surface area contributed by atoms with Gasteiger partial charge in [-0.15, -0.1) is 0 Å². The molecule has 1 heterocycles. The number of epoxide rings is 1. The van der Waals surface area contributed by atoms with Crippen LogP contribution in [0.25, 0.3) is 0 Å². The molecule has 2 nitrogen and oxygen atoms in total. The lowest BCUT2D eigenvalue weighted by Crippen LogP contribution is -1.94.